The van der Waals surface area contributed by atoms with Crippen molar-refractivity contribution in [3.8, 4) is 17.4 Å². The lowest BCUT2D eigenvalue weighted by Crippen LogP contribution is -2.13. The average Bonchev–Trinajstić information content (AvgIpc) is 2.89. The third-order valence-electron chi connectivity index (χ3n) is 3.39. The standard InChI is InChI=1S/C16H16N4O3/c1-20-4-3-13-15(20)16(19-9-18-13)23-12-6-10(7-14(17)21)5-11(8-12)22-2/h3-6,8-9H,7H2,1-2H3,(H2,17,21). The minimum Gasteiger partial charge on any atom is -0.497 e. The number of rotatable bonds is 5. The number of aromatic nitrogens is 3. The third kappa shape index (κ3) is 3.08. The summed E-state index contributed by atoms with van der Waals surface area (Å²) in [5.41, 5.74) is 7.54. The van der Waals surface area contributed by atoms with E-state index in [2.05, 4.69) is 9.97 Å². The fourth-order valence-corrected chi connectivity index (χ4v) is 2.38. The molecular weight excluding hydrogens is 296 g/mol. The molecule has 2 N–H and O–H groups in total. The van der Waals surface area contributed by atoms with E-state index >= 15 is 0 Å². The summed E-state index contributed by atoms with van der Waals surface area (Å²) in [4.78, 5) is 19.5. The van der Waals surface area contributed by atoms with E-state index in [1.807, 2.05) is 23.9 Å². The van der Waals surface area contributed by atoms with Gasteiger partial charge >= 0.3 is 0 Å². The Hall–Kier alpha value is -3.09. The quantitative estimate of drug-likeness (QED) is 0.775. The second-order valence-electron chi connectivity index (χ2n) is 5.10. The van der Waals surface area contributed by atoms with Crippen molar-refractivity contribution in [3.63, 3.8) is 0 Å². The molecule has 3 rings (SSSR count). The number of carbonyl (C=O) groups is 1. The van der Waals surface area contributed by atoms with Gasteiger partial charge in [0.25, 0.3) is 0 Å². The Bertz CT molecular complexity index is 873. The van der Waals surface area contributed by atoms with Gasteiger partial charge in [0.05, 0.1) is 19.0 Å². The predicted molar refractivity (Wildman–Crippen MR) is 84.5 cm³/mol. The van der Waals surface area contributed by atoms with Crippen LogP contribution in [0.2, 0.25) is 0 Å². The molecule has 7 nitrogen and oxygen atoms in total. The SMILES string of the molecule is COc1cc(CC(N)=O)cc(Oc2ncnc3ccn(C)c23)c1. The topological polar surface area (TPSA) is 92.3 Å². The van der Waals surface area contributed by atoms with E-state index in [1.54, 1.807) is 25.3 Å². The largest absolute Gasteiger partial charge is 0.497 e. The van der Waals surface area contributed by atoms with Crippen molar-refractivity contribution in [1.29, 1.82) is 0 Å². The molecule has 0 unspecified atom stereocenters. The number of carbonyl (C=O) groups excluding carboxylic acids is 1. The molecule has 0 fully saturated rings. The van der Waals surface area contributed by atoms with Crippen LogP contribution in [0.1, 0.15) is 5.56 Å². The number of nitrogens with two attached hydrogens (primary N) is 1. The summed E-state index contributed by atoms with van der Waals surface area (Å²) in [6, 6.07) is 7.09. The summed E-state index contributed by atoms with van der Waals surface area (Å²) in [6.45, 7) is 0. The van der Waals surface area contributed by atoms with Gasteiger partial charge in [-0.15, -0.1) is 0 Å². The van der Waals surface area contributed by atoms with Crippen LogP contribution in [0.25, 0.3) is 11.0 Å². The molecule has 0 aliphatic carbocycles. The Kier molecular flexibility index (Phi) is 3.84. The molecule has 0 bridgehead atoms. The average molecular weight is 312 g/mol. The van der Waals surface area contributed by atoms with Crippen molar-refractivity contribution < 1.29 is 14.3 Å². The molecule has 23 heavy (non-hydrogen) atoms. The number of hydrogen-bond acceptors (Lipinski definition) is 5. The van der Waals surface area contributed by atoms with E-state index in [0.29, 0.717) is 22.9 Å². The highest BCUT2D eigenvalue weighted by molar-refractivity contribution is 5.80. The molecule has 0 spiro atoms. The lowest BCUT2D eigenvalue weighted by Gasteiger charge is -2.10. The van der Waals surface area contributed by atoms with Gasteiger partial charge in [-0.2, -0.15) is 4.98 Å². The molecule has 0 aliphatic rings. The van der Waals surface area contributed by atoms with Crippen molar-refractivity contribution in [2.24, 2.45) is 12.8 Å². The molecular formula is C16H16N4O3. The fourth-order valence-electron chi connectivity index (χ4n) is 2.38. The molecule has 2 aromatic heterocycles. The van der Waals surface area contributed by atoms with Crippen LogP contribution in [-0.4, -0.2) is 27.6 Å². The molecule has 0 radical (unpaired) electrons. The second kappa shape index (κ2) is 5.96. The molecule has 0 saturated heterocycles. The number of ether oxygens (including phenoxy) is 2. The third-order valence-corrected chi connectivity index (χ3v) is 3.39. The van der Waals surface area contributed by atoms with Gasteiger partial charge in [-0.25, -0.2) is 4.98 Å². The van der Waals surface area contributed by atoms with Gasteiger partial charge in [0.2, 0.25) is 11.8 Å². The van der Waals surface area contributed by atoms with Crippen LogP contribution in [0.3, 0.4) is 0 Å². The first-order chi connectivity index (χ1) is 11.1. The summed E-state index contributed by atoms with van der Waals surface area (Å²) in [7, 11) is 3.44. The maximum absolute atomic E-state index is 11.1. The summed E-state index contributed by atoms with van der Waals surface area (Å²) in [5.74, 6) is 1.11. The van der Waals surface area contributed by atoms with Gasteiger partial charge in [0.15, 0.2) is 0 Å². The number of nitrogens with zero attached hydrogens (tertiary/aromatic N) is 3. The predicted octanol–water partition coefficient (Wildman–Crippen LogP) is 1.80. The summed E-state index contributed by atoms with van der Waals surface area (Å²) >= 11 is 0. The zero-order valence-corrected chi connectivity index (χ0v) is 12.8. The monoisotopic (exact) mass is 312 g/mol. The first-order valence-corrected chi connectivity index (χ1v) is 6.97. The molecule has 118 valence electrons. The van der Waals surface area contributed by atoms with Gasteiger partial charge < -0.3 is 19.8 Å². The van der Waals surface area contributed by atoms with Crippen molar-refractivity contribution in [3.05, 3.63) is 42.4 Å². The highest BCUT2D eigenvalue weighted by Gasteiger charge is 2.11. The van der Waals surface area contributed by atoms with E-state index in [9.17, 15) is 4.79 Å². The zero-order chi connectivity index (χ0) is 16.4. The molecule has 7 heteroatoms. The number of benzene rings is 1. The van der Waals surface area contributed by atoms with Crippen LogP contribution in [-0.2, 0) is 18.3 Å². The van der Waals surface area contributed by atoms with E-state index in [1.165, 1.54) is 6.33 Å². The van der Waals surface area contributed by atoms with Crippen LogP contribution < -0.4 is 15.2 Å². The molecule has 3 aromatic rings. The Balaban J connectivity index is 2.01. The van der Waals surface area contributed by atoms with E-state index in [0.717, 1.165) is 11.0 Å². The minimum atomic E-state index is -0.420. The maximum Gasteiger partial charge on any atom is 0.247 e. The van der Waals surface area contributed by atoms with Gasteiger partial charge in [-0.1, -0.05) is 0 Å². The van der Waals surface area contributed by atoms with Gasteiger partial charge in [-0.3, -0.25) is 4.79 Å². The van der Waals surface area contributed by atoms with Crippen LogP contribution in [0.4, 0.5) is 0 Å². The number of fused-ring (bicyclic) bond motifs is 1. The molecule has 2 heterocycles. The van der Waals surface area contributed by atoms with Crippen LogP contribution in [0, 0.1) is 0 Å². The van der Waals surface area contributed by atoms with Crippen LogP contribution in [0.5, 0.6) is 17.4 Å². The van der Waals surface area contributed by atoms with Gasteiger partial charge in [-0.05, 0) is 23.8 Å². The van der Waals surface area contributed by atoms with Crippen molar-refractivity contribution >= 4 is 16.9 Å². The molecule has 0 aliphatic heterocycles. The van der Waals surface area contributed by atoms with Crippen LogP contribution >= 0.6 is 0 Å². The second-order valence-corrected chi connectivity index (χ2v) is 5.10. The highest BCUT2D eigenvalue weighted by atomic mass is 16.5. The summed E-state index contributed by atoms with van der Waals surface area (Å²) < 4.78 is 13.0. The van der Waals surface area contributed by atoms with E-state index in [-0.39, 0.29) is 6.42 Å². The molecule has 1 amide bonds. The Labute approximate surface area is 132 Å². The Morgan fingerprint density at radius 2 is 2.04 bits per heavy atom. The number of primary amides is 1. The normalized spacial score (nSPS) is 10.7. The van der Waals surface area contributed by atoms with E-state index < -0.39 is 5.91 Å². The Morgan fingerprint density at radius 3 is 2.78 bits per heavy atom. The van der Waals surface area contributed by atoms with Crippen molar-refractivity contribution in [2.45, 2.75) is 6.42 Å². The number of hydrogen-bond donors (Lipinski definition) is 1. The van der Waals surface area contributed by atoms with Crippen LogP contribution in [0.15, 0.2) is 36.8 Å². The molecule has 1 aromatic carbocycles. The van der Waals surface area contributed by atoms with Gasteiger partial charge in [0.1, 0.15) is 23.3 Å². The lowest BCUT2D eigenvalue weighted by atomic mass is 10.1. The molecule has 0 atom stereocenters. The number of amides is 1. The zero-order valence-electron chi connectivity index (χ0n) is 12.8. The first kappa shape index (κ1) is 14.8. The van der Waals surface area contributed by atoms with Crippen molar-refractivity contribution in [1.82, 2.24) is 14.5 Å². The summed E-state index contributed by atoms with van der Waals surface area (Å²) in [6.07, 6.45) is 3.44. The number of methoxy groups -OCH3 is 1. The minimum absolute atomic E-state index is 0.108. The lowest BCUT2D eigenvalue weighted by molar-refractivity contribution is -0.117. The smallest absolute Gasteiger partial charge is 0.247 e. The van der Waals surface area contributed by atoms with E-state index in [4.69, 9.17) is 15.2 Å². The van der Waals surface area contributed by atoms with Gasteiger partial charge in [0, 0.05) is 19.3 Å². The first-order valence-electron chi connectivity index (χ1n) is 6.97. The maximum atomic E-state index is 11.1. The van der Waals surface area contributed by atoms with Crippen molar-refractivity contribution in [2.75, 3.05) is 7.11 Å². The molecule has 0 saturated carbocycles. The fraction of sp³-hybridized carbons (Fsp3) is 0.188. The highest BCUT2D eigenvalue weighted by Crippen LogP contribution is 2.30. The summed E-state index contributed by atoms with van der Waals surface area (Å²) in [5, 5.41) is 0. The Morgan fingerprint density at radius 1 is 1.26 bits per heavy atom. The number of aryl methyl sites for hydroxylation is 1.